The van der Waals surface area contributed by atoms with Gasteiger partial charge in [0, 0.05) is 23.4 Å². The van der Waals surface area contributed by atoms with Crippen LogP contribution in [0.15, 0.2) is 79.2 Å². The Kier molecular flexibility index (Phi) is 6.92. The lowest BCUT2D eigenvalue weighted by atomic mass is 10.1. The number of furan rings is 1. The van der Waals surface area contributed by atoms with Crippen LogP contribution in [-0.4, -0.2) is 47.3 Å². The first-order valence-corrected chi connectivity index (χ1v) is 13.5. The average Bonchev–Trinajstić information content (AvgIpc) is 3.77. The van der Waals surface area contributed by atoms with E-state index in [4.69, 9.17) is 14.8 Å². The van der Waals surface area contributed by atoms with E-state index in [2.05, 4.69) is 36.1 Å². The van der Waals surface area contributed by atoms with E-state index in [1.807, 2.05) is 24.3 Å². The first-order chi connectivity index (χ1) is 20.0. The van der Waals surface area contributed by atoms with Crippen molar-refractivity contribution < 1.29 is 18.8 Å². The number of hydrogen-bond acceptors (Lipinski definition) is 14. The van der Waals surface area contributed by atoms with Crippen molar-refractivity contribution in [3.8, 4) is 17.1 Å². The number of benzene rings is 2. The molecule has 0 fully saturated rings. The Morgan fingerprint density at radius 2 is 2.00 bits per heavy atom. The lowest BCUT2D eigenvalue weighted by Crippen LogP contribution is -2.20. The molecule has 0 saturated carbocycles. The summed E-state index contributed by atoms with van der Waals surface area (Å²) in [7, 11) is 0. The van der Waals surface area contributed by atoms with Crippen LogP contribution in [0.2, 0.25) is 0 Å². The number of non-ortho nitro benzene ring substituents is 1. The van der Waals surface area contributed by atoms with Crippen LogP contribution in [0.1, 0.15) is 21.9 Å². The summed E-state index contributed by atoms with van der Waals surface area (Å²) in [6, 6.07) is 17.0. The number of hydrogen-bond donors (Lipinski definition) is 2. The molecule has 2 aromatic carbocycles. The predicted molar refractivity (Wildman–Crippen MR) is 149 cm³/mol. The van der Waals surface area contributed by atoms with Gasteiger partial charge in [0.1, 0.15) is 11.5 Å². The Morgan fingerprint density at radius 3 is 2.76 bits per heavy atom. The van der Waals surface area contributed by atoms with Crippen molar-refractivity contribution >= 4 is 56.9 Å². The number of amides is 1. The van der Waals surface area contributed by atoms with Crippen molar-refractivity contribution in [1.29, 1.82) is 0 Å². The van der Waals surface area contributed by atoms with E-state index in [-0.39, 0.29) is 28.8 Å². The number of fused-ring (bicyclic) bond motifs is 1. The van der Waals surface area contributed by atoms with Crippen molar-refractivity contribution in [2.45, 2.75) is 10.1 Å². The van der Waals surface area contributed by atoms with E-state index >= 15 is 0 Å². The van der Waals surface area contributed by atoms with Gasteiger partial charge in [0.15, 0.2) is 10.0 Å². The second-order valence-electron chi connectivity index (χ2n) is 8.21. The molecule has 0 aliphatic carbocycles. The quantitative estimate of drug-likeness (QED) is 0.106. The van der Waals surface area contributed by atoms with Crippen LogP contribution in [0.3, 0.4) is 0 Å². The number of nitrogens with zero attached hydrogens (tertiary/aromatic N) is 8. The van der Waals surface area contributed by atoms with Gasteiger partial charge in [-0.3, -0.25) is 14.9 Å². The largest absolute Gasteiger partial charge is 0.455 e. The maximum Gasteiger partial charge on any atom is 0.293 e. The smallest absolute Gasteiger partial charge is 0.293 e. The average molecular weight is 589 g/mol. The molecule has 3 N–H and O–H groups in total. The van der Waals surface area contributed by atoms with Crippen LogP contribution in [-0.2, 0) is 5.75 Å². The number of thiazole rings is 1. The number of nitrogen functional groups attached to an aromatic ring is 1. The van der Waals surface area contributed by atoms with Gasteiger partial charge in [0.05, 0.1) is 27.0 Å². The molecule has 0 unspecified atom stereocenters. The summed E-state index contributed by atoms with van der Waals surface area (Å²) in [5, 5.41) is 30.2. The summed E-state index contributed by atoms with van der Waals surface area (Å²) >= 11 is 2.91. The Labute approximate surface area is 237 Å². The highest BCUT2D eigenvalue weighted by atomic mass is 32.2. The van der Waals surface area contributed by atoms with Gasteiger partial charge in [-0.2, -0.15) is 9.78 Å². The van der Waals surface area contributed by atoms with E-state index < -0.39 is 10.8 Å². The Bertz CT molecular complexity index is 1870. The summed E-state index contributed by atoms with van der Waals surface area (Å²) in [6.45, 7) is 0. The van der Waals surface area contributed by atoms with Gasteiger partial charge in [-0.1, -0.05) is 29.1 Å². The molecule has 0 atom stereocenters. The number of para-hydroxylation sites is 1. The van der Waals surface area contributed by atoms with Crippen LogP contribution in [0, 0.1) is 10.1 Å². The van der Waals surface area contributed by atoms with E-state index in [1.54, 1.807) is 24.3 Å². The molecule has 0 saturated heterocycles. The first-order valence-electron chi connectivity index (χ1n) is 11.7. The number of carbonyl (C=O) groups excluding carboxylic acids is 1. The van der Waals surface area contributed by atoms with Crippen LogP contribution >= 0.6 is 23.1 Å². The minimum Gasteiger partial charge on any atom is -0.455 e. The molecule has 0 spiro atoms. The third-order valence-electron chi connectivity index (χ3n) is 5.63. The molecular formula is C24H16N10O5S2. The van der Waals surface area contributed by atoms with Gasteiger partial charge in [-0.15, -0.1) is 16.4 Å². The second-order valence-corrected chi connectivity index (χ2v) is 10.5. The molecule has 0 aliphatic rings. The molecule has 41 heavy (non-hydrogen) atoms. The van der Waals surface area contributed by atoms with Crippen LogP contribution in [0.25, 0.3) is 27.4 Å². The number of hydrazone groups is 1. The van der Waals surface area contributed by atoms with Crippen LogP contribution in [0.5, 0.6) is 0 Å². The number of nitrogens with two attached hydrogens (primary N) is 1. The normalized spacial score (nSPS) is 11.4. The van der Waals surface area contributed by atoms with Crippen molar-refractivity contribution in [3.63, 3.8) is 0 Å². The van der Waals surface area contributed by atoms with Gasteiger partial charge in [0.25, 0.3) is 11.6 Å². The number of thioether (sulfide) groups is 1. The predicted octanol–water partition coefficient (Wildman–Crippen LogP) is 4.07. The van der Waals surface area contributed by atoms with Gasteiger partial charge in [-0.05, 0) is 46.7 Å². The van der Waals surface area contributed by atoms with E-state index in [1.165, 1.54) is 46.1 Å². The van der Waals surface area contributed by atoms with Crippen LogP contribution < -0.4 is 11.2 Å². The fourth-order valence-corrected chi connectivity index (χ4v) is 5.75. The number of nitrogens with one attached hydrogen (secondary N) is 1. The number of nitro benzene ring substituents is 1. The van der Waals surface area contributed by atoms with E-state index in [0.717, 1.165) is 14.6 Å². The minimum atomic E-state index is -0.635. The monoisotopic (exact) mass is 588 g/mol. The highest BCUT2D eigenvalue weighted by Gasteiger charge is 2.24. The summed E-state index contributed by atoms with van der Waals surface area (Å²) < 4.78 is 13.5. The Balaban J connectivity index is 1.19. The SMILES string of the molecule is Nc1nonc1-n1nnc(C(=O)N/N=C/c2ccc(-c3ccc([N+](=O)[O-])cc3)o2)c1CSc1nc2ccccc2s1. The summed E-state index contributed by atoms with van der Waals surface area (Å²) in [5.74, 6) is 0.508. The lowest BCUT2D eigenvalue weighted by molar-refractivity contribution is -0.384. The zero-order valence-electron chi connectivity index (χ0n) is 20.6. The highest BCUT2D eigenvalue weighted by molar-refractivity contribution is 8.00. The first kappa shape index (κ1) is 25.8. The van der Waals surface area contributed by atoms with Crippen molar-refractivity contribution in [3.05, 3.63) is 87.9 Å². The van der Waals surface area contributed by atoms with Crippen LogP contribution in [0.4, 0.5) is 11.5 Å². The number of aromatic nitrogens is 6. The Morgan fingerprint density at radius 1 is 1.17 bits per heavy atom. The molecule has 6 rings (SSSR count). The Hall–Kier alpha value is -5.42. The molecule has 4 heterocycles. The van der Waals surface area contributed by atoms with Gasteiger partial charge < -0.3 is 10.2 Å². The maximum absolute atomic E-state index is 13.1. The van der Waals surface area contributed by atoms with Gasteiger partial charge >= 0.3 is 0 Å². The molecule has 0 radical (unpaired) electrons. The number of carbonyl (C=O) groups is 1. The molecule has 0 bridgehead atoms. The highest BCUT2D eigenvalue weighted by Crippen LogP contribution is 2.32. The number of anilines is 1. The minimum absolute atomic E-state index is 0.0100. The topological polar surface area (TPSA) is 206 Å². The number of rotatable bonds is 9. The standard InChI is InChI=1S/C24H16N10O5S2/c25-21-22(31-39-30-21)33-17(12-40-24-27-16-3-1-2-4-19(16)41-24)20(28-32-33)23(35)29-26-11-15-9-10-18(38-15)13-5-7-14(8-6-13)34(36)37/h1-11H,12H2,(H2,25,30)(H,29,35)/b26-11+. The fraction of sp³-hybridized carbons (Fsp3) is 0.0417. The summed E-state index contributed by atoms with van der Waals surface area (Å²) in [6.07, 6.45) is 1.31. The fourth-order valence-electron chi connectivity index (χ4n) is 3.69. The van der Waals surface area contributed by atoms with Crippen molar-refractivity contribution in [2.75, 3.05) is 5.73 Å². The molecule has 0 aliphatic heterocycles. The maximum atomic E-state index is 13.1. The molecular weight excluding hydrogens is 572 g/mol. The van der Waals surface area contributed by atoms with Gasteiger partial charge in [0.2, 0.25) is 11.6 Å². The zero-order chi connectivity index (χ0) is 28.3. The van der Waals surface area contributed by atoms with Gasteiger partial charge in [-0.25, -0.2) is 15.0 Å². The molecule has 15 nitrogen and oxygen atoms in total. The molecule has 204 valence electrons. The molecule has 4 aromatic heterocycles. The van der Waals surface area contributed by atoms with E-state index in [9.17, 15) is 14.9 Å². The molecule has 1 amide bonds. The third-order valence-corrected chi connectivity index (χ3v) is 7.82. The molecule has 17 heteroatoms. The zero-order valence-corrected chi connectivity index (χ0v) is 22.2. The van der Waals surface area contributed by atoms with Crippen molar-refractivity contribution in [1.82, 2.24) is 35.7 Å². The second kappa shape index (κ2) is 11.0. The van der Waals surface area contributed by atoms with Crippen molar-refractivity contribution in [2.24, 2.45) is 5.10 Å². The van der Waals surface area contributed by atoms with E-state index in [0.29, 0.717) is 22.8 Å². The lowest BCUT2D eigenvalue weighted by Gasteiger charge is -2.04. The summed E-state index contributed by atoms with van der Waals surface area (Å²) in [4.78, 5) is 28.0. The summed E-state index contributed by atoms with van der Waals surface area (Å²) in [5.41, 5.74) is 10.1. The molecule has 6 aromatic rings. The third kappa shape index (κ3) is 5.38. The number of nitro groups is 1.